The van der Waals surface area contributed by atoms with Crippen LogP contribution in [0.1, 0.15) is 11.3 Å². The zero-order chi connectivity index (χ0) is 19.6. The molecule has 3 rings (SSSR count). The Balaban J connectivity index is 1.50. The minimum absolute atomic E-state index is 0.0948. The zero-order valence-corrected chi connectivity index (χ0v) is 15.0. The lowest BCUT2D eigenvalue weighted by atomic mass is 10.1. The van der Waals surface area contributed by atoms with Gasteiger partial charge in [-0.3, -0.25) is 9.69 Å². The predicted octanol–water partition coefficient (Wildman–Crippen LogP) is 2.56. The van der Waals surface area contributed by atoms with E-state index in [1.54, 1.807) is 0 Å². The SMILES string of the molecule is Cc1cc(N2CC(N(C)CC(=O)Nc3cccc(C(F)(F)F)c3)C2)ncn1. The normalized spacial score (nSPS) is 15.0. The molecule has 1 fully saturated rings. The number of carbonyl (C=O) groups is 1. The van der Waals surface area contributed by atoms with Crippen LogP contribution in [0.25, 0.3) is 0 Å². The van der Waals surface area contributed by atoms with Crippen LogP contribution in [-0.4, -0.2) is 53.5 Å². The van der Waals surface area contributed by atoms with Crippen LogP contribution in [0.4, 0.5) is 24.7 Å². The largest absolute Gasteiger partial charge is 0.416 e. The first kappa shape index (κ1) is 19.1. The molecule has 0 spiro atoms. The zero-order valence-electron chi connectivity index (χ0n) is 15.0. The summed E-state index contributed by atoms with van der Waals surface area (Å²) in [5, 5.41) is 2.52. The molecular formula is C18H20F3N5O. The molecule has 2 aromatic rings. The second-order valence-electron chi connectivity index (χ2n) is 6.62. The van der Waals surface area contributed by atoms with Crippen LogP contribution in [0.2, 0.25) is 0 Å². The van der Waals surface area contributed by atoms with E-state index in [1.807, 2.05) is 24.9 Å². The van der Waals surface area contributed by atoms with Crippen molar-refractivity contribution in [1.29, 1.82) is 0 Å². The molecule has 1 amide bonds. The minimum Gasteiger partial charge on any atom is -0.353 e. The number of rotatable bonds is 5. The van der Waals surface area contributed by atoms with Crippen LogP contribution in [-0.2, 0) is 11.0 Å². The molecule has 27 heavy (non-hydrogen) atoms. The van der Waals surface area contributed by atoms with Crippen LogP contribution < -0.4 is 10.2 Å². The number of benzene rings is 1. The van der Waals surface area contributed by atoms with E-state index in [4.69, 9.17) is 0 Å². The summed E-state index contributed by atoms with van der Waals surface area (Å²) >= 11 is 0. The topological polar surface area (TPSA) is 61.4 Å². The summed E-state index contributed by atoms with van der Waals surface area (Å²) in [5.74, 6) is 0.494. The summed E-state index contributed by atoms with van der Waals surface area (Å²) < 4.78 is 38.2. The van der Waals surface area contributed by atoms with Crippen molar-refractivity contribution in [3.05, 3.63) is 47.9 Å². The summed E-state index contributed by atoms with van der Waals surface area (Å²) in [6.07, 6.45) is -2.92. The number of nitrogens with one attached hydrogen (secondary N) is 1. The quantitative estimate of drug-likeness (QED) is 0.865. The van der Waals surface area contributed by atoms with Gasteiger partial charge in [-0.05, 0) is 32.2 Å². The van der Waals surface area contributed by atoms with E-state index >= 15 is 0 Å². The van der Waals surface area contributed by atoms with Crippen LogP contribution in [0.15, 0.2) is 36.7 Å². The first-order valence-corrected chi connectivity index (χ1v) is 8.43. The number of hydrogen-bond acceptors (Lipinski definition) is 5. The average molecular weight is 379 g/mol. The van der Waals surface area contributed by atoms with Crippen molar-refractivity contribution in [2.45, 2.75) is 19.1 Å². The first-order valence-electron chi connectivity index (χ1n) is 8.43. The molecule has 1 aliphatic heterocycles. The number of nitrogens with zero attached hydrogens (tertiary/aromatic N) is 4. The number of alkyl halides is 3. The number of halogens is 3. The van der Waals surface area contributed by atoms with Crippen molar-refractivity contribution < 1.29 is 18.0 Å². The third-order valence-electron chi connectivity index (χ3n) is 4.47. The molecule has 2 heterocycles. The molecule has 1 aromatic carbocycles. The van der Waals surface area contributed by atoms with Gasteiger partial charge in [0.1, 0.15) is 12.1 Å². The van der Waals surface area contributed by atoms with E-state index in [2.05, 4.69) is 20.2 Å². The van der Waals surface area contributed by atoms with Crippen molar-refractivity contribution in [1.82, 2.24) is 14.9 Å². The van der Waals surface area contributed by atoms with E-state index in [0.717, 1.165) is 36.7 Å². The first-order chi connectivity index (χ1) is 12.7. The van der Waals surface area contributed by atoms with Crippen LogP contribution in [0, 0.1) is 6.92 Å². The Hall–Kier alpha value is -2.68. The van der Waals surface area contributed by atoms with Crippen LogP contribution in [0.3, 0.4) is 0 Å². The van der Waals surface area contributed by atoms with Gasteiger partial charge in [0, 0.05) is 36.6 Å². The molecule has 0 atom stereocenters. The summed E-state index contributed by atoms with van der Waals surface area (Å²) in [6, 6.07) is 6.69. The van der Waals surface area contributed by atoms with E-state index in [0.29, 0.717) is 0 Å². The number of anilines is 2. The van der Waals surface area contributed by atoms with Gasteiger partial charge in [0.2, 0.25) is 5.91 Å². The third-order valence-corrected chi connectivity index (χ3v) is 4.47. The fourth-order valence-electron chi connectivity index (χ4n) is 2.86. The maximum atomic E-state index is 12.7. The van der Waals surface area contributed by atoms with Crippen molar-refractivity contribution in [2.75, 3.05) is 36.9 Å². The van der Waals surface area contributed by atoms with Gasteiger partial charge in [0.05, 0.1) is 12.1 Å². The predicted molar refractivity (Wildman–Crippen MR) is 95.5 cm³/mol. The second-order valence-corrected chi connectivity index (χ2v) is 6.62. The van der Waals surface area contributed by atoms with Crippen LogP contribution in [0.5, 0.6) is 0 Å². The van der Waals surface area contributed by atoms with Gasteiger partial charge in [-0.15, -0.1) is 0 Å². The smallest absolute Gasteiger partial charge is 0.353 e. The fraction of sp³-hybridized carbons (Fsp3) is 0.389. The number of aryl methyl sites for hydroxylation is 1. The van der Waals surface area contributed by atoms with Gasteiger partial charge in [-0.1, -0.05) is 6.07 Å². The number of hydrogen-bond donors (Lipinski definition) is 1. The molecule has 1 aromatic heterocycles. The third kappa shape index (κ3) is 4.73. The van der Waals surface area contributed by atoms with Gasteiger partial charge in [-0.2, -0.15) is 13.2 Å². The Bertz CT molecular complexity index is 821. The van der Waals surface area contributed by atoms with Gasteiger partial charge >= 0.3 is 6.18 Å². The molecule has 144 valence electrons. The molecule has 0 bridgehead atoms. The maximum absolute atomic E-state index is 12.7. The number of aromatic nitrogens is 2. The highest BCUT2D eigenvalue weighted by atomic mass is 19.4. The molecule has 1 N–H and O–H groups in total. The van der Waals surface area contributed by atoms with Crippen molar-refractivity contribution in [2.24, 2.45) is 0 Å². The fourth-order valence-corrected chi connectivity index (χ4v) is 2.86. The van der Waals surface area contributed by atoms with E-state index in [9.17, 15) is 18.0 Å². The monoisotopic (exact) mass is 379 g/mol. The highest BCUT2D eigenvalue weighted by Crippen LogP contribution is 2.30. The summed E-state index contributed by atoms with van der Waals surface area (Å²) in [6.45, 7) is 3.44. The Kier molecular flexibility index (Phi) is 5.31. The molecule has 1 aliphatic rings. The standard InChI is InChI=1S/C18H20F3N5O/c1-12-6-16(23-11-22-12)26-8-15(9-26)25(2)10-17(27)24-14-5-3-4-13(7-14)18(19,20)21/h3-7,11,15H,8-10H2,1-2H3,(H,24,27). The second kappa shape index (κ2) is 7.51. The van der Waals surface area contributed by atoms with Gasteiger partial charge in [0.15, 0.2) is 0 Å². The minimum atomic E-state index is -4.44. The van der Waals surface area contributed by atoms with Crippen molar-refractivity contribution in [3.63, 3.8) is 0 Å². The van der Waals surface area contributed by atoms with Gasteiger partial charge < -0.3 is 10.2 Å². The molecule has 9 heteroatoms. The Morgan fingerprint density at radius 2 is 2.04 bits per heavy atom. The van der Waals surface area contributed by atoms with Gasteiger partial charge in [0.25, 0.3) is 0 Å². The molecule has 0 saturated carbocycles. The molecular weight excluding hydrogens is 359 g/mol. The Morgan fingerprint density at radius 3 is 2.70 bits per heavy atom. The lowest BCUT2D eigenvalue weighted by Gasteiger charge is -2.44. The highest BCUT2D eigenvalue weighted by molar-refractivity contribution is 5.92. The Labute approximate surface area is 155 Å². The lowest BCUT2D eigenvalue weighted by molar-refractivity contribution is -0.137. The number of carbonyl (C=O) groups excluding carboxylic acids is 1. The number of likely N-dealkylation sites (N-methyl/N-ethyl adjacent to an activating group) is 1. The van der Waals surface area contributed by atoms with Gasteiger partial charge in [-0.25, -0.2) is 9.97 Å². The number of amides is 1. The molecule has 6 nitrogen and oxygen atoms in total. The summed E-state index contributed by atoms with van der Waals surface area (Å²) in [5.41, 5.74) is 0.232. The summed E-state index contributed by atoms with van der Waals surface area (Å²) in [4.78, 5) is 24.4. The van der Waals surface area contributed by atoms with Crippen LogP contribution >= 0.6 is 0 Å². The molecule has 0 radical (unpaired) electrons. The molecule has 1 saturated heterocycles. The van der Waals surface area contributed by atoms with Crippen molar-refractivity contribution in [3.8, 4) is 0 Å². The maximum Gasteiger partial charge on any atom is 0.416 e. The van der Waals surface area contributed by atoms with Crippen molar-refractivity contribution >= 4 is 17.4 Å². The Morgan fingerprint density at radius 1 is 1.30 bits per heavy atom. The molecule has 0 unspecified atom stereocenters. The summed E-state index contributed by atoms with van der Waals surface area (Å²) in [7, 11) is 1.82. The van der Waals surface area contributed by atoms with E-state index in [1.165, 1.54) is 18.5 Å². The van der Waals surface area contributed by atoms with E-state index < -0.39 is 11.7 Å². The van der Waals surface area contributed by atoms with E-state index in [-0.39, 0.29) is 24.2 Å². The lowest BCUT2D eigenvalue weighted by Crippen LogP contribution is -2.59. The highest BCUT2D eigenvalue weighted by Gasteiger charge is 2.32. The molecule has 0 aliphatic carbocycles. The average Bonchev–Trinajstić information content (AvgIpc) is 2.52.